The van der Waals surface area contributed by atoms with Crippen LogP contribution in [0.5, 0.6) is 0 Å². The van der Waals surface area contributed by atoms with Crippen LogP contribution < -0.4 is 5.32 Å². The molecular formula is C18H28N2. The molecule has 0 aromatic heterocycles. The molecule has 0 radical (unpaired) electrons. The summed E-state index contributed by atoms with van der Waals surface area (Å²) in [6.07, 6.45) is 2.52. The lowest BCUT2D eigenvalue weighted by Crippen LogP contribution is -2.59. The minimum absolute atomic E-state index is 0.681. The van der Waals surface area contributed by atoms with Crippen molar-refractivity contribution in [3.8, 4) is 0 Å². The van der Waals surface area contributed by atoms with Gasteiger partial charge in [-0.1, -0.05) is 45.0 Å². The van der Waals surface area contributed by atoms with Crippen LogP contribution >= 0.6 is 0 Å². The lowest BCUT2D eigenvalue weighted by atomic mass is 9.77. The van der Waals surface area contributed by atoms with E-state index in [1.54, 1.807) is 11.1 Å². The number of rotatable bonds is 4. The fraction of sp³-hybridized carbons (Fsp3) is 0.667. The third-order valence-electron chi connectivity index (χ3n) is 5.22. The van der Waals surface area contributed by atoms with Crippen LogP contribution in [0.25, 0.3) is 0 Å². The van der Waals surface area contributed by atoms with Crippen LogP contribution in [0, 0.1) is 5.92 Å². The Bertz CT molecular complexity index is 454. The Hall–Kier alpha value is -0.860. The second-order valence-corrected chi connectivity index (χ2v) is 6.88. The third kappa shape index (κ3) is 2.64. The lowest BCUT2D eigenvalue weighted by Gasteiger charge is -2.45. The summed E-state index contributed by atoms with van der Waals surface area (Å²) in [7, 11) is 0. The van der Waals surface area contributed by atoms with Crippen molar-refractivity contribution in [3.63, 3.8) is 0 Å². The molecule has 2 nitrogen and oxygen atoms in total. The van der Waals surface area contributed by atoms with E-state index < -0.39 is 0 Å². The van der Waals surface area contributed by atoms with Gasteiger partial charge in [-0.15, -0.1) is 0 Å². The summed E-state index contributed by atoms with van der Waals surface area (Å²) in [5.74, 6) is 1.50. The van der Waals surface area contributed by atoms with Crippen molar-refractivity contribution in [3.05, 3.63) is 35.4 Å². The Morgan fingerprint density at radius 1 is 1.30 bits per heavy atom. The Balaban J connectivity index is 1.68. The molecule has 1 fully saturated rings. The maximum atomic E-state index is 3.72. The summed E-state index contributed by atoms with van der Waals surface area (Å²) < 4.78 is 0. The van der Waals surface area contributed by atoms with Crippen molar-refractivity contribution in [1.82, 2.24) is 10.2 Å². The zero-order valence-corrected chi connectivity index (χ0v) is 13.1. The van der Waals surface area contributed by atoms with Crippen LogP contribution in [-0.4, -0.2) is 36.6 Å². The minimum atomic E-state index is 0.681. The number of hydrogen-bond donors (Lipinski definition) is 1. The van der Waals surface area contributed by atoms with Gasteiger partial charge in [0.2, 0.25) is 0 Å². The van der Waals surface area contributed by atoms with Crippen molar-refractivity contribution in [2.75, 3.05) is 19.6 Å². The van der Waals surface area contributed by atoms with Gasteiger partial charge in [-0.05, 0) is 29.9 Å². The SMILES string of the molecule is CCC1CN(CC2Cc3ccccc32)C(C(C)C)CN1. The van der Waals surface area contributed by atoms with E-state index >= 15 is 0 Å². The Labute approximate surface area is 123 Å². The number of hydrogen-bond acceptors (Lipinski definition) is 2. The molecule has 20 heavy (non-hydrogen) atoms. The average Bonchev–Trinajstić information content (AvgIpc) is 2.44. The summed E-state index contributed by atoms with van der Waals surface area (Å²) >= 11 is 0. The lowest BCUT2D eigenvalue weighted by molar-refractivity contribution is 0.0878. The molecule has 0 saturated carbocycles. The predicted octanol–water partition coefficient (Wildman–Crippen LogP) is 3.03. The van der Waals surface area contributed by atoms with Gasteiger partial charge in [-0.25, -0.2) is 0 Å². The van der Waals surface area contributed by atoms with Crippen molar-refractivity contribution in [1.29, 1.82) is 0 Å². The average molecular weight is 272 g/mol. The van der Waals surface area contributed by atoms with Crippen LogP contribution in [0.4, 0.5) is 0 Å². The van der Waals surface area contributed by atoms with Crippen LogP contribution in [0.1, 0.15) is 44.2 Å². The molecule has 2 heteroatoms. The zero-order chi connectivity index (χ0) is 14.1. The molecule has 2 aliphatic rings. The van der Waals surface area contributed by atoms with E-state index in [4.69, 9.17) is 0 Å². The first-order chi connectivity index (χ1) is 9.69. The summed E-state index contributed by atoms with van der Waals surface area (Å²) in [6.45, 7) is 10.6. The minimum Gasteiger partial charge on any atom is -0.311 e. The van der Waals surface area contributed by atoms with Gasteiger partial charge < -0.3 is 5.32 Å². The van der Waals surface area contributed by atoms with Crippen molar-refractivity contribution < 1.29 is 0 Å². The van der Waals surface area contributed by atoms with Gasteiger partial charge in [0.1, 0.15) is 0 Å². The smallest absolute Gasteiger partial charge is 0.0244 e. The molecule has 1 aliphatic carbocycles. The van der Waals surface area contributed by atoms with Crippen molar-refractivity contribution in [2.24, 2.45) is 5.92 Å². The fourth-order valence-corrected chi connectivity index (χ4v) is 3.85. The Morgan fingerprint density at radius 3 is 2.80 bits per heavy atom. The van der Waals surface area contributed by atoms with Gasteiger partial charge in [0.05, 0.1) is 0 Å². The summed E-state index contributed by atoms with van der Waals surface area (Å²) in [5, 5.41) is 3.72. The molecule has 0 spiro atoms. The number of piperazine rings is 1. The second-order valence-electron chi connectivity index (χ2n) is 6.88. The van der Waals surface area contributed by atoms with Crippen molar-refractivity contribution in [2.45, 2.75) is 51.6 Å². The van der Waals surface area contributed by atoms with E-state index in [-0.39, 0.29) is 0 Å². The maximum absolute atomic E-state index is 3.72. The van der Waals surface area contributed by atoms with E-state index in [0.29, 0.717) is 12.1 Å². The summed E-state index contributed by atoms with van der Waals surface area (Å²) in [6, 6.07) is 10.4. The number of nitrogens with zero attached hydrogens (tertiary/aromatic N) is 1. The quantitative estimate of drug-likeness (QED) is 0.906. The van der Waals surface area contributed by atoms with Gasteiger partial charge in [0.15, 0.2) is 0 Å². The van der Waals surface area contributed by atoms with E-state index in [9.17, 15) is 0 Å². The number of fused-ring (bicyclic) bond motifs is 1. The van der Waals surface area contributed by atoms with Gasteiger partial charge in [0.25, 0.3) is 0 Å². The number of nitrogens with one attached hydrogen (secondary N) is 1. The highest BCUT2D eigenvalue weighted by atomic mass is 15.2. The largest absolute Gasteiger partial charge is 0.311 e. The van der Waals surface area contributed by atoms with Gasteiger partial charge >= 0.3 is 0 Å². The van der Waals surface area contributed by atoms with Crippen LogP contribution in [0.15, 0.2) is 24.3 Å². The van der Waals surface area contributed by atoms with Gasteiger partial charge in [-0.2, -0.15) is 0 Å². The molecule has 0 amide bonds. The topological polar surface area (TPSA) is 15.3 Å². The maximum Gasteiger partial charge on any atom is 0.0244 e. The van der Waals surface area contributed by atoms with Crippen LogP contribution in [-0.2, 0) is 6.42 Å². The molecule has 1 aromatic rings. The molecular weight excluding hydrogens is 244 g/mol. The Kier molecular flexibility index (Phi) is 4.13. The molecule has 110 valence electrons. The monoisotopic (exact) mass is 272 g/mol. The van der Waals surface area contributed by atoms with E-state index in [2.05, 4.69) is 55.3 Å². The normalized spacial score (nSPS) is 30.1. The number of benzene rings is 1. The van der Waals surface area contributed by atoms with E-state index in [0.717, 1.165) is 18.4 Å². The first kappa shape index (κ1) is 14.1. The molecule has 3 rings (SSSR count). The molecule has 3 atom stereocenters. The first-order valence-electron chi connectivity index (χ1n) is 8.24. The van der Waals surface area contributed by atoms with E-state index in [1.165, 1.54) is 25.9 Å². The van der Waals surface area contributed by atoms with Crippen LogP contribution in [0.3, 0.4) is 0 Å². The summed E-state index contributed by atoms with van der Waals surface area (Å²) in [5.41, 5.74) is 3.17. The molecule has 0 bridgehead atoms. The van der Waals surface area contributed by atoms with Gasteiger partial charge in [0, 0.05) is 37.6 Å². The standard InChI is InChI=1S/C18H28N2/c1-4-16-12-20(18(10-19-16)13(2)3)11-15-9-14-7-5-6-8-17(14)15/h5-8,13,15-16,18-19H,4,9-12H2,1-3H3. The van der Waals surface area contributed by atoms with Crippen molar-refractivity contribution >= 4 is 0 Å². The molecule has 1 heterocycles. The summed E-state index contributed by atoms with van der Waals surface area (Å²) in [4.78, 5) is 2.76. The molecule has 1 saturated heterocycles. The third-order valence-corrected chi connectivity index (χ3v) is 5.22. The molecule has 1 aliphatic heterocycles. The zero-order valence-electron chi connectivity index (χ0n) is 13.1. The predicted molar refractivity (Wildman–Crippen MR) is 85.2 cm³/mol. The molecule has 3 unspecified atom stereocenters. The highest BCUT2D eigenvalue weighted by Crippen LogP contribution is 2.36. The van der Waals surface area contributed by atoms with Gasteiger partial charge in [-0.3, -0.25) is 4.90 Å². The van der Waals surface area contributed by atoms with E-state index in [1.807, 2.05) is 0 Å². The molecule has 1 aromatic carbocycles. The highest BCUT2D eigenvalue weighted by Gasteiger charge is 2.34. The molecule has 1 N–H and O–H groups in total. The Morgan fingerprint density at radius 2 is 2.10 bits per heavy atom. The first-order valence-corrected chi connectivity index (χ1v) is 8.24. The second kappa shape index (κ2) is 5.87. The van der Waals surface area contributed by atoms with Crippen LogP contribution in [0.2, 0.25) is 0 Å². The highest BCUT2D eigenvalue weighted by molar-refractivity contribution is 5.40. The fourth-order valence-electron chi connectivity index (χ4n) is 3.85.